The van der Waals surface area contributed by atoms with Crippen LogP contribution in [0.2, 0.25) is 0 Å². The Hall–Kier alpha value is -2.41. The highest BCUT2D eigenvalue weighted by atomic mass is 32.1. The molecule has 0 amide bonds. The summed E-state index contributed by atoms with van der Waals surface area (Å²) < 4.78 is 13.1. The lowest BCUT2D eigenvalue weighted by Crippen LogP contribution is -2.37. The zero-order valence-corrected chi connectivity index (χ0v) is 17.6. The molecule has 2 heterocycles. The number of methoxy groups -OCH3 is 1. The van der Waals surface area contributed by atoms with Gasteiger partial charge in [-0.1, -0.05) is 30.3 Å². The van der Waals surface area contributed by atoms with Crippen LogP contribution in [-0.4, -0.2) is 49.4 Å². The second kappa shape index (κ2) is 9.87. The second-order valence-corrected chi connectivity index (χ2v) is 7.88. The van der Waals surface area contributed by atoms with Gasteiger partial charge in [-0.2, -0.15) is 0 Å². The summed E-state index contributed by atoms with van der Waals surface area (Å²) in [5, 5.41) is 2.21. The predicted octanol–water partition coefficient (Wildman–Crippen LogP) is 4.18. The lowest BCUT2D eigenvalue weighted by molar-refractivity contribution is 0.0369. The fraction of sp³-hybridized carbons (Fsp3) is 0.348. The molecule has 1 saturated heterocycles. The number of nitrogens with zero attached hydrogens (tertiary/aromatic N) is 3. The molecule has 4 rings (SSSR count). The molecule has 0 unspecified atom stereocenters. The first kappa shape index (κ1) is 19.9. The van der Waals surface area contributed by atoms with Gasteiger partial charge in [0.2, 0.25) is 0 Å². The maximum atomic E-state index is 5.46. The van der Waals surface area contributed by atoms with Crippen LogP contribution >= 0.6 is 11.3 Å². The quantitative estimate of drug-likeness (QED) is 0.588. The van der Waals surface area contributed by atoms with Crippen molar-refractivity contribution in [3.8, 4) is 17.0 Å². The Kier molecular flexibility index (Phi) is 6.77. The molecule has 1 aromatic heterocycles. The van der Waals surface area contributed by atoms with Crippen LogP contribution in [0.4, 0.5) is 5.69 Å². The number of morpholine rings is 1. The van der Waals surface area contributed by atoms with E-state index in [-0.39, 0.29) is 0 Å². The van der Waals surface area contributed by atoms with Gasteiger partial charge in [-0.3, -0.25) is 4.90 Å². The first-order valence-corrected chi connectivity index (χ1v) is 10.9. The van der Waals surface area contributed by atoms with Gasteiger partial charge in [0.15, 0.2) is 4.80 Å². The number of benzene rings is 2. The fourth-order valence-corrected chi connectivity index (χ4v) is 4.47. The van der Waals surface area contributed by atoms with Crippen LogP contribution in [-0.2, 0) is 11.3 Å². The fourth-order valence-electron chi connectivity index (χ4n) is 3.52. The average Bonchev–Trinajstić information content (AvgIpc) is 3.18. The van der Waals surface area contributed by atoms with Crippen molar-refractivity contribution in [1.82, 2.24) is 9.47 Å². The van der Waals surface area contributed by atoms with E-state index in [4.69, 9.17) is 14.5 Å². The Morgan fingerprint density at radius 3 is 2.48 bits per heavy atom. The monoisotopic (exact) mass is 409 g/mol. The molecule has 0 aliphatic carbocycles. The Morgan fingerprint density at radius 1 is 1.00 bits per heavy atom. The molecule has 6 heteroatoms. The number of rotatable bonds is 7. The second-order valence-electron chi connectivity index (χ2n) is 7.04. The number of hydrogen-bond donors (Lipinski definition) is 0. The number of thiazole rings is 1. The van der Waals surface area contributed by atoms with Gasteiger partial charge >= 0.3 is 0 Å². The van der Waals surface area contributed by atoms with Gasteiger partial charge in [-0.15, -0.1) is 11.3 Å². The molecule has 3 aromatic rings. The molecule has 29 heavy (non-hydrogen) atoms. The van der Waals surface area contributed by atoms with Crippen LogP contribution in [0.15, 0.2) is 65.0 Å². The highest BCUT2D eigenvalue weighted by molar-refractivity contribution is 7.07. The smallest absolute Gasteiger partial charge is 0.190 e. The summed E-state index contributed by atoms with van der Waals surface area (Å²) in [5.74, 6) is 0.846. The van der Waals surface area contributed by atoms with E-state index in [0.717, 1.165) is 62.1 Å². The molecule has 0 N–H and O–H groups in total. The lowest BCUT2D eigenvalue weighted by Gasteiger charge is -2.26. The van der Waals surface area contributed by atoms with Crippen molar-refractivity contribution in [2.45, 2.75) is 13.0 Å². The molecule has 0 spiro atoms. The first-order chi connectivity index (χ1) is 14.3. The van der Waals surface area contributed by atoms with Crippen molar-refractivity contribution < 1.29 is 9.47 Å². The lowest BCUT2D eigenvalue weighted by atomic mass is 10.2. The van der Waals surface area contributed by atoms with Crippen molar-refractivity contribution in [2.75, 3.05) is 40.0 Å². The van der Waals surface area contributed by atoms with Crippen molar-refractivity contribution in [2.24, 2.45) is 4.99 Å². The minimum absolute atomic E-state index is 0.846. The highest BCUT2D eigenvalue weighted by Gasteiger charge is 2.12. The molecular weight excluding hydrogens is 382 g/mol. The van der Waals surface area contributed by atoms with Gasteiger partial charge in [-0.05, 0) is 36.2 Å². The van der Waals surface area contributed by atoms with Gasteiger partial charge in [0, 0.05) is 31.6 Å². The van der Waals surface area contributed by atoms with E-state index in [9.17, 15) is 0 Å². The summed E-state index contributed by atoms with van der Waals surface area (Å²) in [6.07, 6.45) is 1.09. The van der Waals surface area contributed by atoms with Gasteiger partial charge in [0.25, 0.3) is 0 Å². The topological polar surface area (TPSA) is 39.0 Å². The summed E-state index contributed by atoms with van der Waals surface area (Å²) in [4.78, 5) is 8.43. The molecule has 1 aliphatic heterocycles. The molecule has 2 aromatic carbocycles. The molecule has 0 radical (unpaired) electrons. The Morgan fingerprint density at radius 2 is 1.76 bits per heavy atom. The van der Waals surface area contributed by atoms with Crippen molar-refractivity contribution >= 4 is 17.0 Å². The maximum absolute atomic E-state index is 5.46. The zero-order chi connectivity index (χ0) is 19.9. The molecule has 1 fully saturated rings. The summed E-state index contributed by atoms with van der Waals surface area (Å²) in [6, 6.07) is 18.5. The number of aromatic nitrogens is 1. The van der Waals surface area contributed by atoms with Crippen LogP contribution in [0.3, 0.4) is 0 Å². The third kappa shape index (κ3) is 5.15. The van der Waals surface area contributed by atoms with E-state index in [2.05, 4.69) is 45.2 Å². The normalized spacial score (nSPS) is 15.6. The molecule has 0 saturated carbocycles. The molecule has 152 valence electrons. The van der Waals surface area contributed by atoms with E-state index >= 15 is 0 Å². The van der Waals surface area contributed by atoms with Crippen LogP contribution in [0, 0.1) is 0 Å². The standard InChI is InChI=1S/C23H27N3O2S/c1-27-21-10-8-20(9-11-21)24-23-26(13-5-12-25-14-16-28-17-15-25)22(18-29-23)19-6-3-2-4-7-19/h2-4,6-11,18H,5,12-17H2,1H3. The van der Waals surface area contributed by atoms with Crippen molar-refractivity contribution in [3.63, 3.8) is 0 Å². The van der Waals surface area contributed by atoms with Gasteiger partial charge in [0.05, 0.1) is 31.7 Å². The van der Waals surface area contributed by atoms with Crippen LogP contribution in [0.5, 0.6) is 5.75 Å². The van der Waals surface area contributed by atoms with Crippen LogP contribution in [0.25, 0.3) is 11.3 Å². The molecular formula is C23H27N3O2S. The zero-order valence-electron chi connectivity index (χ0n) is 16.8. The number of hydrogen-bond acceptors (Lipinski definition) is 5. The average molecular weight is 410 g/mol. The Bertz CT molecular complexity index is 958. The molecule has 0 atom stereocenters. The summed E-state index contributed by atoms with van der Waals surface area (Å²) in [5.41, 5.74) is 3.39. The largest absolute Gasteiger partial charge is 0.497 e. The number of ether oxygens (including phenoxy) is 2. The van der Waals surface area contributed by atoms with Crippen LogP contribution in [0.1, 0.15) is 6.42 Å². The van der Waals surface area contributed by atoms with Gasteiger partial charge in [-0.25, -0.2) is 4.99 Å². The summed E-state index contributed by atoms with van der Waals surface area (Å²) in [6.45, 7) is 5.78. The third-order valence-corrected chi connectivity index (χ3v) is 5.99. The summed E-state index contributed by atoms with van der Waals surface area (Å²) >= 11 is 1.69. The molecule has 5 nitrogen and oxygen atoms in total. The van der Waals surface area contributed by atoms with E-state index in [1.807, 2.05) is 24.3 Å². The minimum atomic E-state index is 0.846. The SMILES string of the molecule is COc1ccc(N=c2scc(-c3ccccc3)n2CCCN2CCOCC2)cc1. The Labute approximate surface area is 175 Å². The van der Waals surface area contributed by atoms with Gasteiger partial charge in [0.1, 0.15) is 5.75 Å². The predicted molar refractivity (Wildman–Crippen MR) is 118 cm³/mol. The van der Waals surface area contributed by atoms with Crippen molar-refractivity contribution in [1.29, 1.82) is 0 Å². The van der Waals surface area contributed by atoms with E-state index in [1.54, 1.807) is 18.4 Å². The van der Waals surface area contributed by atoms with E-state index < -0.39 is 0 Å². The first-order valence-electron chi connectivity index (χ1n) is 10.1. The molecule has 0 bridgehead atoms. The van der Waals surface area contributed by atoms with E-state index in [0.29, 0.717) is 0 Å². The van der Waals surface area contributed by atoms with Crippen molar-refractivity contribution in [3.05, 3.63) is 64.8 Å². The van der Waals surface area contributed by atoms with E-state index in [1.165, 1.54) is 11.3 Å². The third-order valence-electron chi connectivity index (χ3n) is 5.12. The molecule has 1 aliphatic rings. The highest BCUT2D eigenvalue weighted by Crippen LogP contribution is 2.22. The van der Waals surface area contributed by atoms with Gasteiger partial charge < -0.3 is 14.0 Å². The minimum Gasteiger partial charge on any atom is -0.497 e. The van der Waals surface area contributed by atoms with Crippen LogP contribution < -0.4 is 9.54 Å². The summed E-state index contributed by atoms with van der Waals surface area (Å²) in [7, 11) is 1.68. The maximum Gasteiger partial charge on any atom is 0.190 e. The Balaban J connectivity index is 1.59.